The van der Waals surface area contributed by atoms with E-state index in [1.807, 2.05) is 20.0 Å². The summed E-state index contributed by atoms with van der Waals surface area (Å²) in [6.45, 7) is 9.79. The molecule has 0 spiro atoms. The molecule has 4 heteroatoms. The lowest BCUT2D eigenvalue weighted by atomic mass is 9.84. The van der Waals surface area contributed by atoms with E-state index in [2.05, 4.69) is 24.9 Å². The van der Waals surface area contributed by atoms with Gasteiger partial charge in [0.2, 0.25) is 0 Å². The number of rotatable bonds is 9. The Balaban J connectivity index is 2.62. The van der Waals surface area contributed by atoms with Gasteiger partial charge in [-0.2, -0.15) is 0 Å². The molecule has 0 heterocycles. The largest absolute Gasteiger partial charge is 0.366 e. The minimum atomic E-state index is -0.425. The van der Waals surface area contributed by atoms with Crippen molar-refractivity contribution in [3.63, 3.8) is 0 Å². The Morgan fingerprint density at radius 1 is 1.43 bits per heavy atom. The van der Waals surface area contributed by atoms with Gasteiger partial charge in [-0.3, -0.25) is 0 Å². The zero-order valence-electron chi connectivity index (χ0n) is 14.4. The molecule has 1 unspecified atom stereocenters. The van der Waals surface area contributed by atoms with E-state index in [9.17, 15) is 4.39 Å². The molecule has 0 saturated heterocycles. The van der Waals surface area contributed by atoms with Gasteiger partial charge in [-0.05, 0) is 43.9 Å². The van der Waals surface area contributed by atoms with Gasteiger partial charge in [0.25, 0.3) is 0 Å². The van der Waals surface area contributed by atoms with Crippen molar-refractivity contribution < 1.29 is 4.39 Å². The Labute approximate surface area is 139 Å². The van der Waals surface area contributed by atoms with Crippen LogP contribution in [0.3, 0.4) is 0 Å². The topological polar surface area (TPSA) is 59.7 Å². The highest BCUT2D eigenvalue weighted by atomic mass is 19.1. The summed E-state index contributed by atoms with van der Waals surface area (Å²) in [6, 6.07) is 0. The van der Waals surface area contributed by atoms with E-state index in [1.54, 1.807) is 0 Å². The van der Waals surface area contributed by atoms with Crippen LogP contribution in [0.2, 0.25) is 0 Å². The second-order valence-electron chi connectivity index (χ2n) is 5.91. The normalized spacial score (nSPS) is 16.5. The molecule has 3 N–H and O–H groups in total. The van der Waals surface area contributed by atoms with Crippen molar-refractivity contribution in [2.24, 2.45) is 5.92 Å². The van der Waals surface area contributed by atoms with Gasteiger partial charge in [-0.1, -0.05) is 39.0 Å². The molecule has 1 rings (SSSR count). The van der Waals surface area contributed by atoms with Crippen LogP contribution in [0.1, 0.15) is 52.9 Å². The fourth-order valence-electron chi connectivity index (χ4n) is 2.44. The SMILES string of the molecule is C=C(CC)N/C=C/CCC(C)C1=CC(F)=C(C(=N)CC)C(=N)C1. The number of hydrogen-bond donors (Lipinski definition) is 3. The molecule has 0 bridgehead atoms. The minimum Gasteiger partial charge on any atom is -0.366 e. The van der Waals surface area contributed by atoms with E-state index >= 15 is 0 Å². The molecular formula is C19H28FN3. The van der Waals surface area contributed by atoms with Crippen LogP contribution in [0, 0.1) is 16.7 Å². The highest BCUT2D eigenvalue weighted by molar-refractivity contribution is 6.24. The van der Waals surface area contributed by atoms with Crippen LogP contribution in [-0.4, -0.2) is 11.4 Å². The zero-order valence-corrected chi connectivity index (χ0v) is 14.4. The molecule has 126 valence electrons. The molecule has 0 saturated carbocycles. The summed E-state index contributed by atoms with van der Waals surface area (Å²) in [5, 5.41) is 18.9. The maximum absolute atomic E-state index is 14.2. The predicted molar refractivity (Wildman–Crippen MR) is 96.7 cm³/mol. The quantitative estimate of drug-likeness (QED) is 0.488. The summed E-state index contributed by atoms with van der Waals surface area (Å²) in [7, 11) is 0. The monoisotopic (exact) mass is 317 g/mol. The van der Waals surface area contributed by atoms with E-state index < -0.39 is 5.83 Å². The molecule has 1 aliphatic rings. The Kier molecular flexibility index (Phi) is 7.66. The molecule has 3 nitrogen and oxygen atoms in total. The standard InChI is InChI=1S/C19H28FN3/c1-5-14(4)23-10-8-7-9-13(3)15-11-16(20)19(17(21)6-2)18(22)12-15/h8,10-11,13,21-23H,4-7,9,12H2,1-3H3/b10-8+,21-17?,22-18?. The summed E-state index contributed by atoms with van der Waals surface area (Å²) in [5.41, 5.74) is 2.55. The Morgan fingerprint density at radius 3 is 2.70 bits per heavy atom. The molecule has 1 atom stereocenters. The summed E-state index contributed by atoms with van der Waals surface area (Å²) in [6.07, 6.45) is 9.07. The second-order valence-corrected chi connectivity index (χ2v) is 5.91. The molecule has 0 fully saturated rings. The van der Waals surface area contributed by atoms with Crippen molar-refractivity contribution in [1.82, 2.24) is 5.32 Å². The number of nitrogens with one attached hydrogen (secondary N) is 3. The lowest BCUT2D eigenvalue weighted by molar-refractivity contribution is 0.596. The van der Waals surface area contributed by atoms with Gasteiger partial charge >= 0.3 is 0 Å². The van der Waals surface area contributed by atoms with Gasteiger partial charge in [0.05, 0.1) is 5.57 Å². The molecule has 0 aromatic carbocycles. The van der Waals surface area contributed by atoms with E-state index in [-0.39, 0.29) is 22.9 Å². The molecule has 0 aromatic rings. The highest BCUT2D eigenvalue weighted by Crippen LogP contribution is 2.30. The first-order valence-electron chi connectivity index (χ1n) is 8.25. The maximum Gasteiger partial charge on any atom is 0.134 e. The number of halogens is 1. The van der Waals surface area contributed by atoms with Crippen LogP contribution < -0.4 is 5.32 Å². The van der Waals surface area contributed by atoms with Crippen molar-refractivity contribution in [2.45, 2.75) is 52.9 Å². The van der Waals surface area contributed by atoms with Crippen LogP contribution in [0.25, 0.3) is 0 Å². The van der Waals surface area contributed by atoms with Gasteiger partial charge in [-0.15, -0.1) is 0 Å². The van der Waals surface area contributed by atoms with E-state index in [0.29, 0.717) is 12.8 Å². The summed E-state index contributed by atoms with van der Waals surface area (Å²) in [5.74, 6) is -0.205. The van der Waals surface area contributed by atoms with E-state index in [0.717, 1.165) is 30.5 Å². The third kappa shape index (κ3) is 5.62. The van der Waals surface area contributed by atoms with Crippen molar-refractivity contribution in [2.75, 3.05) is 0 Å². The lowest BCUT2D eigenvalue weighted by Gasteiger charge is -2.22. The molecule has 1 aliphatic carbocycles. The van der Waals surface area contributed by atoms with Gasteiger partial charge < -0.3 is 16.1 Å². The third-order valence-electron chi connectivity index (χ3n) is 4.12. The van der Waals surface area contributed by atoms with Crippen molar-refractivity contribution >= 4 is 11.4 Å². The number of allylic oxidation sites excluding steroid dienone is 6. The van der Waals surface area contributed by atoms with Crippen LogP contribution in [0.4, 0.5) is 4.39 Å². The van der Waals surface area contributed by atoms with Gasteiger partial charge in [0.1, 0.15) is 5.83 Å². The molecule has 0 amide bonds. The van der Waals surface area contributed by atoms with Crippen molar-refractivity contribution in [3.05, 3.63) is 47.6 Å². The smallest absolute Gasteiger partial charge is 0.134 e. The molecule has 0 aliphatic heterocycles. The molecule has 0 radical (unpaired) electrons. The maximum atomic E-state index is 14.2. The van der Waals surface area contributed by atoms with Gasteiger partial charge in [0.15, 0.2) is 0 Å². The Bertz CT molecular complexity index is 567. The van der Waals surface area contributed by atoms with Gasteiger partial charge in [-0.25, -0.2) is 4.39 Å². The average Bonchev–Trinajstić information content (AvgIpc) is 2.52. The minimum absolute atomic E-state index is 0.186. The summed E-state index contributed by atoms with van der Waals surface area (Å²) in [4.78, 5) is 0. The van der Waals surface area contributed by atoms with Gasteiger partial charge in [0, 0.05) is 23.5 Å². The first kappa shape index (κ1) is 19.1. The average molecular weight is 317 g/mol. The van der Waals surface area contributed by atoms with Crippen LogP contribution >= 0.6 is 0 Å². The zero-order chi connectivity index (χ0) is 17.4. The second kappa shape index (κ2) is 9.23. The van der Waals surface area contributed by atoms with Crippen LogP contribution in [-0.2, 0) is 0 Å². The van der Waals surface area contributed by atoms with Crippen LogP contribution in [0.15, 0.2) is 47.6 Å². The van der Waals surface area contributed by atoms with Crippen molar-refractivity contribution in [1.29, 1.82) is 10.8 Å². The van der Waals surface area contributed by atoms with E-state index in [1.165, 1.54) is 6.08 Å². The third-order valence-corrected chi connectivity index (χ3v) is 4.12. The van der Waals surface area contributed by atoms with Crippen LogP contribution in [0.5, 0.6) is 0 Å². The fraction of sp³-hybridized carbons (Fsp3) is 0.474. The Hall–Kier alpha value is -1.97. The fourth-order valence-corrected chi connectivity index (χ4v) is 2.44. The summed E-state index contributed by atoms with van der Waals surface area (Å²) < 4.78 is 14.2. The lowest BCUT2D eigenvalue weighted by Crippen LogP contribution is -2.18. The highest BCUT2D eigenvalue weighted by Gasteiger charge is 2.23. The number of hydrogen-bond acceptors (Lipinski definition) is 3. The Morgan fingerprint density at radius 2 is 2.13 bits per heavy atom. The molecular weight excluding hydrogens is 289 g/mol. The summed E-state index contributed by atoms with van der Waals surface area (Å²) >= 11 is 0. The van der Waals surface area contributed by atoms with E-state index in [4.69, 9.17) is 10.8 Å². The molecule has 23 heavy (non-hydrogen) atoms. The molecule has 0 aromatic heterocycles. The predicted octanol–water partition coefficient (Wildman–Crippen LogP) is 5.43. The first-order chi connectivity index (χ1) is 10.9. The van der Waals surface area contributed by atoms with Crippen molar-refractivity contribution in [3.8, 4) is 0 Å². The first-order valence-corrected chi connectivity index (χ1v) is 8.25.